The van der Waals surface area contributed by atoms with Crippen LogP contribution in [0.5, 0.6) is 11.5 Å². The number of halogens is 3. The average molecular weight is 412 g/mol. The molecule has 27 heavy (non-hydrogen) atoms. The molecule has 0 spiro atoms. The molecule has 0 saturated heterocycles. The summed E-state index contributed by atoms with van der Waals surface area (Å²) in [5.41, 5.74) is 10.8. The second-order valence-electron chi connectivity index (χ2n) is 5.32. The first-order valence-corrected chi connectivity index (χ1v) is 8.58. The molecular weight excluding hydrogens is 396 g/mol. The van der Waals surface area contributed by atoms with Gasteiger partial charge in [0.25, 0.3) is 0 Å². The van der Waals surface area contributed by atoms with Crippen molar-refractivity contribution in [3.05, 3.63) is 76.2 Å². The summed E-state index contributed by atoms with van der Waals surface area (Å²) in [6.45, 7) is 6.95. The SMILES string of the molecule is C=C(COc1ccc(F)c(C(=C)N)c1F)S/N=C(\N)c1ccc(Cl)cc1O. The van der Waals surface area contributed by atoms with E-state index in [2.05, 4.69) is 17.6 Å². The first-order chi connectivity index (χ1) is 12.7. The lowest BCUT2D eigenvalue weighted by Gasteiger charge is -2.11. The number of amidine groups is 1. The molecule has 0 aliphatic heterocycles. The van der Waals surface area contributed by atoms with Gasteiger partial charge in [0.05, 0.1) is 11.1 Å². The van der Waals surface area contributed by atoms with Gasteiger partial charge in [0, 0.05) is 27.6 Å². The van der Waals surface area contributed by atoms with Crippen LogP contribution in [0.3, 0.4) is 0 Å². The van der Waals surface area contributed by atoms with E-state index < -0.39 is 17.2 Å². The number of benzene rings is 2. The molecule has 142 valence electrons. The molecule has 0 aliphatic carbocycles. The van der Waals surface area contributed by atoms with Crippen molar-refractivity contribution in [2.75, 3.05) is 6.61 Å². The fourth-order valence-electron chi connectivity index (χ4n) is 2.01. The minimum absolute atomic E-state index is 0.0463. The molecule has 0 radical (unpaired) electrons. The highest BCUT2D eigenvalue weighted by Gasteiger charge is 2.16. The summed E-state index contributed by atoms with van der Waals surface area (Å²) in [6.07, 6.45) is 0. The van der Waals surface area contributed by atoms with Crippen LogP contribution in [0, 0.1) is 11.6 Å². The van der Waals surface area contributed by atoms with E-state index in [4.69, 9.17) is 27.8 Å². The first-order valence-electron chi connectivity index (χ1n) is 7.43. The smallest absolute Gasteiger partial charge is 0.177 e. The highest BCUT2D eigenvalue weighted by molar-refractivity contribution is 8.02. The monoisotopic (exact) mass is 411 g/mol. The topological polar surface area (TPSA) is 93.9 Å². The van der Waals surface area contributed by atoms with E-state index in [1.807, 2.05) is 0 Å². The van der Waals surface area contributed by atoms with Crippen LogP contribution in [0.2, 0.25) is 5.02 Å². The fraction of sp³-hybridized carbons (Fsp3) is 0.0556. The first kappa shape index (κ1) is 20.6. The van der Waals surface area contributed by atoms with Crippen LogP contribution in [0.25, 0.3) is 5.70 Å². The van der Waals surface area contributed by atoms with Crippen molar-refractivity contribution < 1.29 is 18.6 Å². The number of ether oxygens (including phenoxy) is 1. The molecule has 5 N–H and O–H groups in total. The van der Waals surface area contributed by atoms with Crippen molar-refractivity contribution in [1.82, 2.24) is 0 Å². The van der Waals surface area contributed by atoms with E-state index in [9.17, 15) is 13.9 Å². The van der Waals surface area contributed by atoms with Crippen molar-refractivity contribution in [1.29, 1.82) is 0 Å². The highest BCUT2D eigenvalue weighted by Crippen LogP contribution is 2.28. The van der Waals surface area contributed by atoms with E-state index in [1.54, 1.807) is 6.07 Å². The lowest BCUT2D eigenvalue weighted by atomic mass is 10.1. The fourth-order valence-corrected chi connectivity index (χ4v) is 2.61. The number of aromatic hydroxyl groups is 1. The Bertz CT molecular complexity index is 935. The number of phenols is 1. The summed E-state index contributed by atoms with van der Waals surface area (Å²) in [4.78, 5) is 0.392. The van der Waals surface area contributed by atoms with E-state index in [0.29, 0.717) is 15.5 Å². The van der Waals surface area contributed by atoms with E-state index >= 15 is 0 Å². The third kappa shape index (κ3) is 5.15. The van der Waals surface area contributed by atoms with Gasteiger partial charge in [0.2, 0.25) is 0 Å². The Labute approximate surface area is 164 Å². The zero-order chi connectivity index (χ0) is 20.1. The number of hydrogen-bond acceptors (Lipinski definition) is 5. The standard InChI is InChI=1S/C18H16ClF2N3O2S/c1-9(27-24-18(23)12-4-3-11(19)7-14(12)25)8-26-15-6-5-13(20)16(10(2)22)17(15)21/h3-7,25H,1-2,8,22H2,(H2,23,24). The predicted octanol–water partition coefficient (Wildman–Crippen LogP) is 4.20. The summed E-state index contributed by atoms with van der Waals surface area (Å²) in [6, 6.07) is 6.58. The molecule has 2 aromatic rings. The molecule has 0 heterocycles. The summed E-state index contributed by atoms with van der Waals surface area (Å²) in [5.74, 6) is -2.05. The molecular formula is C18H16ClF2N3O2S. The second-order valence-corrected chi connectivity index (χ2v) is 6.70. The van der Waals surface area contributed by atoms with Crippen LogP contribution in [-0.2, 0) is 0 Å². The number of rotatable bonds is 7. The minimum atomic E-state index is -0.950. The Morgan fingerprint density at radius 3 is 2.56 bits per heavy atom. The zero-order valence-corrected chi connectivity index (χ0v) is 15.6. The summed E-state index contributed by atoms with van der Waals surface area (Å²) in [5, 5.41) is 10.2. The second kappa shape index (κ2) is 8.79. The summed E-state index contributed by atoms with van der Waals surface area (Å²) >= 11 is 6.65. The Morgan fingerprint density at radius 2 is 1.93 bits per heavy atom. The van der Waals surface area contributed by atoms with Crippen molar-refractivity contribution in [2.45, 2.75) is 0 Å². The van der Waals surface area contributed by atoms with Gasteiger partial charge in [-0.15, -0.1) is 0 Å². The Hall–Kier alpha value is -2.71. The number of hydrogen-bond donors (Lipinski definition) is 3. The van der Waals surface area contributed by atoms with Crippen molar-refractivity contribution >= 4 is 35.1 Å². The van der Waals surface area contributed by atoms with Crippen molar-refractivity contribution in [3.63, 3.8) is 0 Å². The van der Waals surface area contributed by atoms with E-state index in [0.717, 1.165) is 24.1 Å². The van der Waals surface area contributed by atoms with Gasteiger partial charge in [-0.3, -0.25) is 0 Å². The van der Waals surface area contributed by atoms with Gasteiger partial charge in [-0.1, -0.05) is 24.8 Å². The number of phenolic OH excluding ortho intramolecular Hbond substituents is 1. The third-order valence-corrected chi connectivity index (χ3v) is 4.17. The van der Waals surface area contributed by atoms with Gasteiger partial charge >= 0.3 is 0 Å². The molecule has 2 rings (SSSR count). The molecule has 9 heteroatoms. The Kier molecular flexibility index (Phi) is 6.70. The van der Waals surface area contributed by atoms with Crippen molar-refractivity contribution in [2.24, 2.45) is 15.9 Å². The van der Waals surface area contributed by atoms with Crippen LogP contribution >= 0.6 is 23.5 Å². The number of nitrogens with two attached hydrogens (primary N) is 2. The van der Waals surface area contributed by atoms with Gasteiger partial charge in [-0.25, -0.2) is 8.78 Å². The van der Waals surface area contributed by atoms with Crippen molar-refractivity contribution in [3.8, 4) is 11.5 Å². The largest absolute Gasteiger partial charge is 0.507 e. The third-order valence-electron chi connectivity index (χ3n) is 3.27. The molecule has 0 saturated carbocycles. The van der Waals surface area contributed by atoms with Gasteiger partial charge in [0.15, 0.2) is 11.6 Å². The van der Waals surface area contributed by atoms with Gasteiger partial charge in [-0.05, 0) is 30.3 Å². The normalized spacial score (nSPS) is 11.3. The van der Waals surface area contributed by atoms with Crippen LogP contribution in [0.15, 0.2) is 52.8 Å². The van der Waals surface area contributed by atoms with Gasteiger partial charge in [0.1, 0.15) is 24.0 Å². The van der Waals surface area contributed by atoms with Crippen LogP contribution in [0.4, 0.5) is 8.78 Å². The maximum atomic E-state index is 14.2. The molecule has 0 fully saturated rings. The minimum Gasteiger partial charge on any atom is -0.507 e. The van der Waals surface area contributed by atoms with Gasteiger partial charge in [-0.2, -0.15) is 4.40 Å². The predicted molar refractivity (Wildman–Crippen MR) is 106 cm³/mol. The number of nitrogens with zero attached hydrogens (tertiary/aromatic N) is 1. The molecule has 0 atom stereocenters. The quantitative estimate of drug-likeness (QED) is 0.360. The molecule has 0 bridgehead atoms. The summed E-state index contributed by atoms with van der Waals surface area (Å²) < 4.78 is 37.1. The zero-order valence-electron chi connectivity index (χ0n) is 14.0. The highest BCUT2D eigenvalue weighted by atomic mass is 35.5. The lowest BCUT2D eigenvalue weighted by molar-refractivity contribution is 0.337. The Balaban J connectivity index is 2.03. The summed E-state index contributed by atoms with van der Waals surface area (Å²) in [7, 11) is 0. The van der Waals surface area contributed by atoms with Gasteiger partial charge < -0.3 is 21.3 Å². The van der Waals surface area contributed by atoms with Crippen LogP contribution in [-0.4, -0.2) is 17.5 Å². The molecule has 0 amide bonds. The maximum Gasteiger partial charge on any atom is 0.177 e. The average Bonchev–Trinajstić information content (AvgIpc) is 2.58. The van der Waals surface area contributed by atoms with E-state index in [1.165, 1.54) is 12.1 Å². The maximum absolute atomic E-state index is 14.2. The molecule has 5 nitrogen and oxygen atoms in total. The van der Waals surface area contributed by atoms with Crippen LogP contribution < -0.4 is 16.2 Å². The molecule has 0 unspecified atom stereocenters. The molecule has 2 aromatic carbocycles. The van der Waals surface area contributed by atoms with Crippen LogP contribution in [0.1, 0.15) is 11.1 Å². The molecule has 0 aliphatic rings. The molecule has 0 aromatic heterocycles. The Morgan fingerprint density at radius 1 is 1.22 bits per heavy atom. The lowest BCUT2D eigenvalue weighted by Crippen LogP contribution is -2.12. The van der Waals surface area contributed by atoms with E-state index in [-0.39, 0.29) is 29.6 Å².